The van der Waals surface area contributed by atoms with Gasteiger partial charge in [0.15, 0.2) is 0 Å². The first-order valence-electron chi connectivity index (χ1n) is 9.48. The zero-order valence-electron chi connectivity index (χ0n) is 17.2. The molecule has 1 atom stereocenters. The predicted molar refractivity (Wildman–Crippen MR) is 106 cm³/mol. The number of allylic oxidation sites excluding steroid dienone is 2. The lowest BCUT2D eigenvalue weighted by Gasteiger charge is -2.28. The Labute approximate surface area is 166 Å². The summed E-state index contributed by atoms with van der Waals surface area (Å²) in [5.74, 6) is 0.210. The maximum absolute atomic E-state index is 12.7. The van der Waals surface area contributed by atoms with Gasteiger partial charge in [-0.25, -0.2) is 4.79 Å². The van der Waals surface area contributed by atoms with E-state index in [0.717, 1.165) is 12.0 Å². The summed E-state index contributed by atoms with van der Waals surface area (Å²) in [6.45, 7) is 10.3. The summed E-state index contributed by atoms with van der Waals surface area (Å²) in [6.07, 6.45) is 0.893. The fourth-order valence-corrected chi connectivity index (χ4v) is 3.10. The molecule has 0 bridgehead atoms. The molecule has 28 heavy (non-hydrogen) atoms. The Bertz CT molecular complexity index is 847. The molecule has 1 aromatic rings. The fraction of sp³-hybridized carbons (Fsp3) is 0.455. The number of carbonyl (C=O) groups is 1. The second-order valence-corrected chi connectivity index (χ2v) is 7.19. The molecule has 6 nitrogen and oxygen atoms in total. The van der Waals surface area contributed by atoms with Crippen LogP contribution in [0.5, 0.6) is 5.75 Å². The second-order valence-electron chi connectivity index (χ2n) is 7.19. The van der Waals surface area contributed by atoms with Gasteiger partial charge in [0.25, 0.3) is 0 Å². The lowest BCUT2D eigenvalue weighted by molar-refractivity contribution is -0.139. The van der Waals surface area contributed by atoms with Crippen molar-refractivity contribution in [2.75, 3.05) is 13.2 Å². The van der Waals surface area contributed by atoms with Crippen molar-refractivity contribution >= 4 is 5.97 Å². The topological polar surface area (TPSA) is 94.6 Å². The molecule has 150 valence electrons. The summed E-state index contributed by atoms with van der Waals surface area (Å²) in [6, 6.07) is 7.82. The largest absolute Gasteiger partial charge is 0.493 e. The zero-order chi connectivity index (χ0) is 20.8. The van der Waals surface area contributed by atoms with E-state index in [-0.39, 0.29) is 23.6 Å². The van der Waals surface area contributed by atoms with Crippen molar-refractivity contribution in [3.8, 4) is 11.8 Å². The number of nitriles is 1. The van der Waals surface area contributed by atoms with Gasteiger partial charge < -0.3 is 19.9 Å². The van der Waals surface area contributed by atoms with Crippen molar-refractivity contribution in [3.05, 3.63) is 52.1 Å². The van der Waals surface area contributed by atoms with Gasteiger partial charge in [-0.1, -0.05) is 31.5 Å². The van der Waals surface area contributed by atoms with Crippen LogP contribution in [0.25, 0.3) is 0 Å². The SMILES string of the molecule is CCOC(=O)C1=C(C)OC(N)=C(C#N)C1c1cc(C)ccc1OCCC(C)C. The quantitative estimate of drug-likeness (QED) is 0.712. The number of nitrogens with two attached hydrogens (primary N) is 1. The van der Waals surface area contributed by atoms with Gasteiger partial charge in [-0.3, -0.25) is 0 Å². The van der Waals surface area contributed by atoms with E-state index in [4.69, 9.17) is 19.9 Å². The van der Waals surface area contributed by atoms with Crippen molar-refractivity contribution in [2.24, 2.45) is 11.7 Å². The molecule has 0 spiro atoms. The Hall–Kier alpha value is -2.94. The van der Waals surface area contributed by atoms with Gasteiger partial charge in [0, 0.05) is 5.56 Å². The van der Waals surface area contributed by atoms with Crippen molar-refractivity contribution in [1.29, 1.82) is 5.26 Å². The van der Waals surface area contributed by atoms with Crippen LogP contribution in [0.3, 0.4) is 0 Å². The molecule has 1 aliphatic heterocycles. The van der Waals surface area contributed by atoms with Crippen LogP contribution in [0.15, 0.2) is 41.0 Å². The standard InChI is InChI=1S/C22H28N2O4/c1-6-26-22(25)19-15(5)28-21(24)17(12-23)20(19)16-11-14(4)7-8-18(16)27-10-9-13(2)3/h7-8,11,13,20H,6,9-10,24H2,1-5H3. The molecule has 2 N–H and O–H groups in total. The van der Waals surface area contributed by atoms with Crippen LogP contribution in [0.1, 0.15) is 51.2 Å². The highest BCUT2D eigenvalue weighted by Gasteiger charge is 2.37. The van der Waals surface area contributed by atoms with Crippen LogP contribution >= 0.6 is 0 Å². The Balaban J connectivity index is 2.59. The Morgan fingerprint density at radius 3 is 2.68 bits per heavy atom. The number of benzene rings is 1. The van der Waals surface area contributed by atoms with Gasteiger partial charge in [0.1, 0.15) is 23.2 Å². The predicted octanol–water partition coefficient (Wildman–Crippen LogP) is 4.06. The van der Waals surface area contributed by atoms with Crippen LogP contribution < -0.4 is 10.5 Å². The number of hydrogen-bond acceptors (Lipinski definition) is 6. The van der Waals surface area contributed by atoms with E-state index in [1.165, 1.54) is 0 Å². The number of carbonyl (C=O) groups excluding carboxylic acids is 1. The minimum absolute atomic E-state index is 0.00677. The highest BCUT2D eigenvalue weighted by Crippen LogP contribution is 2.43. The minimum Gasteiger partial charge on any atom is -0.493 e. The number of hydrogen-bond donors (Lipinski definition) is 1. The van der Waals surface area contributed by atoms with Gasteiger partial charge in [-0.15, -0.1) is 0 Å². The molecule has 0 radical (unpaired) electrons. The molecule has 0 saturated heterocycles. The summed E-state index contributed by atoms with van der Waals surface area (Å²) < 4.78 is 16.7. The molecule has 0 fully saturated rings. The molecular formula is C22H28N2O4. The average Bonchev–Trinajstić information content (AvgIpc) is 2.62. The van der Waals surface area contributed by atoms with Gasteiger partial charge >= 0.3 is 5.97 Å². The molecule has 0 saturated carbocycles. The molecule has 0 aromatic heterocycles. The van der Waals surface area contributed by atoms with Crippen LogP contribution in [0.4, 0.5) is 0 Å². The van der Waals surface area contributed by atoms with Gasteiger partial charge in [0.2, 0.25) is 5.88 Å². The molecule has 0 amide bonds. The molecule has 1 unspecified atom stereocenters. The summed E-state index contributed by atoms with van der Waals surface area (Å²) in [7, 11) is 0. The second kappa shape index (κ2) is 9.32. The number of rotatable bonds is 7. The maximum Gasteiger partial charge on any atom is 0.338 e. The molecule has 1 heterocycles. The third kappa shape index (κ3) is 4.66. The summed E-state index contributed by atoms with van der Waals surface area (Å²) in [5.41, 5.74) is 8.11. The Morgan fingerprint density at radius 2 is 2.07 bits per heavy atom. The lowest BCUT2D eigenvalue weighted by atomic mass is 9.82. The van der Waals surface area contributed by atoms with Gasteiger partial charge in [0.05, 0.1) is 24.7 Å². The minimum atomic E-state index is -0.702. The van der Waals surface area contributed by atoms with Gasteiger partial charge in [-0.2, -0.15) is 5.26 Å². The molecular weight excluding hydrogens is 356 g/mol. The van der Waals surface area contributed by atoms with E-state index in [9.17, 15) is 10.1 Å². The van der Waals surface area contributed by atoms with E-state index in [1.54, 1.807) is 13.8 Å². The molecule has 2 rings (SSSR count). The zero-order valence-corrected chi connectivity index (χ0v) is 17.2. The molecule has 1 aliphatic rings. The first kappa shape index (κ1) is 21.4. The van der Waals surface area contributed by atoms with Crippen LogP contribution in [-0.4, -0.2) is 19.2 Å². The van der Waals surface area contributed by atoms with Crippen LogP contribution in [-0.2, 0) is 14.3 Å². The third-order valence-corrected chi connectivity index (χ3v) is 4.53. The Kier molecular flexibility index (Phi) is 7.11. The van der Waals surface area contributed by atoms with Crippen molar-refractivity contribution in [3.63, 3.8) is 0 Å². The smallest absolute Gasteiger partial charge is 0.338 e. The highest BCUT2D eigenvalue weighted by molar-refractivity contribution is 5.92. The van der Waals surface area contributed by atoms with Crippen molar-refractivity contribution < 1.29 is 19.0 Å². The van der Waals surface area contributed by atoms with Crippen molar-refractivity contribution in [2.45, 2.75) is 47.0 Å². The monoisotopic (exact) mass is 384 g/mol. The number of nitrogens with zero attached hydrogens (tertiary/aromatic N) is 1. The first-order chi connectivity index (χ1) is 13.3. The first-order valence-corrected chi connectivity index (χ1v) is 9.48. The van der Waals surface area contributed by atoms with E-state index in [2.05, 4.69) is 19.9 Å². The normalized spacial score (nSPS) is 16.7. The molecule has 6 heteroatoms. The van der Waals surface area contributed by atoms with Crippen molar-refractivity contribution in [1.82, 2.24) is 0 Å². The third-order valence-electron chi connectivity index (χ3n) is 4.53. The lowest BCUT2D eigenvalue weighted by Crippen LogP contribution is -2.26. The van der Waals surface area contributed by atoms with Gasteiger partial charge in [-0.05, 0) is 39.2 Å². The number of esters is 1. The molecule has 0 aliphatic carbocycles. The Morgan fingerprint density at radius 1 is 1.36 bits per heavy atom. The fourth-order valence-electron chi connectivity index (χ4n) is 3.10. The number of ether oxygens (including phenoxy) is 3. The van der Waals surface area contributed by atoms with Crippen LogP contribution in [0, 0.1) is 24.2 Å². The summed E-state index contributed by atoms with van der Waals surface area (Å²) in [4.78, 5) is 12.7. The average molecular weight is 384 g/mol. The van der Waals surface area contributed by atoms with E-state index < -0.39 is 11.9 Å². The highest BCUT2D eigenvalue weighted by atomic mass is 16.5. The van der Waals surface area contributed by atoms with E-state index in [1.807, 2.05) is 25.1 Å². The summed E-state index contributed by atoms with van der Waals surface area (Å²) in [5, 5.41) is 9.73. The maximum atomic E-state index is 12.7. The summed E-state index contributed by atoms with van der Waals surface area (Å²) >= 11 is 0. The molecule has 1 aromatic carbocycles. The van der Waals surface area contributed by atoms with Crippen LogP contribution in [0.2, 0.25) is 0 Å². The van der Waals surface area contributed by atoms with E-state index in [0.29, 0.717) is 29.6 Å². The number of aryl methyl sites for hydroxylation is 1. The van der Waals surface area contributed by atoms with E-state index >= 15 is 0 Å².